The van der Waals surface area contributed by atoms with Gasteiger partial charge in [-0.3, -0.25) is 4.79 Å². The number of carboxylic acids is 1. The second-order valence-electron chi connectivity index (χ2n) is 7.53. The van der Waals surface area contributed by atoms with Crippen LogP contribution in [0.5, 0.6) is 0 Å². The van der Waals surface area contributed by atoms with Crippen LogP contribution in [-0.4, -0.2) is 17.0 Å². The molecule has 0 saturated carbocycles. The third kappa shape index (κ3) is 9.40. The molecule has 0 heterocycles. The fourth-order valence-corrected chi connectivity index (χ4v) is 3.47. The van der Waals surface area contributed by atoms with Crippen LogP contribution in [0.15, 0.2) is 72.8 Å². The van der Waals surface area contributed by atoms with E-state index in [0.717, 1.165) is 30.3 Å². The fourth-order valence-electron chi connectivity index (χ4n) is 2.94. The van der Waals surface area contributed by atoms with E-state index in [1.807, 2.05) is 0 Å². The number of rotatable bonds is 3. The SMILES string of the molecule is Nc1cc(F)cc(F)c1.Nc1cccc(Cl)c1C(=O)Nc1cc(F)cc(F)c1.Nc1cccc(Cl)c1C(=O)O. The molecule has 4 rings (SSSR count). The van der Waals surface area contributed by atoms with Crippen LogP contribution < -0.4 is 22.5 Å². The van der Waals surface area contributed by atoms with Crippen molar-refractivity contribution < 1.29 is 32.3 Å². The Hall–Kier alpha value is -4.48. The smallest absolute Gasteiger partial charge is 0.339 e. The lowest BCUT2D eigenvalue weighted by atomic mass is 10.1. The Morgan fingerprint density at radius 2 is 1.08 bits per heavy atom. The molecule has 204 valence electrons. The van der Waals surface area contributed by atoms with Gasteiger partial charge in [0.25, 0.3) is 5.91 Å². The molecule has 0 spiro atoms. The van der Waals surface area contributed by atoms with Gasteiger partial charge in [0.1, 0.15) is 28.8 Å². The minimum absolute atomic E-state index is 0.0122. The molecule has 0 atom stereocenters. The topological polar surface area (TPSA) is 144 Å². The summed E-state index contributed by atoms with van der Waals surface area (Å²) in [6.45, 7) is 0. The van der Waals surface area contributed by atoms with Gasteiger partial charge in [0.05, 0.1) is 15.6 Å². The number of carbonyl (C=O) groups is 2. The van der Waals surface area contributed by atoms with Crippen LogP contribution in [0.4, 0.5) is 40.3 Å². The molecule has 13 heteroatoms. The maximum Gasteiger partial charge on any atom is 0.339 e. The molecule has 4 aromatic rings. The number of benzene rings is 4. The summed E-state index contributed by atoms with van der Waals surface area (Å²) in [6, 6.07) is 14.8. The van der Waals surface area contributed by atoms with Gasteiger partial charge in [-0.05, 0) is 48.5 Å². The number of hydrogen-bond acceptors (Lipinski definition) is 5. The molecule has 0 aliphatic rings. The number of anilines is 4. The van der Waals surface area contributed by atoms with Crippen molar-refractivity contribution in [1.29, 1.82) is 0 Å². The first-order chi connectivity index (χ1) is 18.3. The van der Waals surface area contributed by atoms with Crippen LogP contribution >= 0.6 is 23.2 Å². The molecular weight excluding hydrogens is 563 g/mol. The molecule has 0 bridgehead atoms. The van der Waals surface area contributed by atoms with Crippen molar-refractivity contribution in [3.05, 3.63) is 117 Å². The minimum Gasteiger partial charge on any atom is -0.478 e. The largest absolute Gasteiger partial charge is 0.478 e. The second kappa shape index (κ2) is 13.9. The normalized spacial score (nSPS) is 9.90. The highest BCUT2D eigenvalue weighted by Gasteiger charge is 2.15. The van der Waals surface area contributed by atoms with E-state index in [1.165, 1.54) is 24.3 Å². The number of aromatic carboxylic acids is 1. The molecule has 0 aliphatic heterocycles. The number of carbonyl (C=O) groups excluding carboxylic acids is 1. The zero-order valence-corrected chi connectivity index (χ0v) is 21.2. The predicted octanol–water partition coefficient (Wildman–Crippen LogP) is 6.62. The van der Waals surface area contributed by atoms with Crippen molar-refractivity contribution in [2.24, 2.45) is 0 Å². The highest BCUT2D eigenvalue weighted by molar-refractivity contribution is 6.35. The van der Waals surface area contributed by atoms with Crippen LogP contribution in [0.1, 0.15) is 20.7 Å². The Kier molecular flexibility index (Phi) is 10.9. The number of nitrogen functional groups attached to an aromatic ring is 3. The zero-order valence-electron chi connectivity index (χ0n) is 19.7. The first-order valence-corrected chi connectivity index (χ1v) is 11.3. The van der Waals surface area contributed by atoms with E-state index in [-0.39, 0.29) is 43.9 Å². The number of amides is 1. The van der Waals surface area contributed by atoms with Gasteiger partial charge < -0.3 is 27.6 Å². The lowest BCUT2D eigenvalue weighted by Crippen LogP contribution is -2.15. The first-order valence-electron chi connectivity index (χ1n) is 10.6. The molecule has 39 heavy (non-hydrogen) atoms. The van der Waals surface area contributed by atoms with Crippen LogP contribution in [0, 0.1) is 23.3 Å². The van der Waals surface area contributed by atoms with Crippen molar-refractivity contribution >= 4 is 57.8 Å². The van der Waals surface area contributed by atoms with Crippen molar-refractivity contribution in [2.75, 3.05) is 22.5 Å². The molecule has 0 aromatic heterocycles. The van der Waals surface area contributed by atoms with Gasteiger partial charge in [-0.25, -0.2) is 22.4 Å². The standard InChI is InChI=1S/C13H9ClF2N2O.C7H6ClNO2.C6H5F2N/c14-10-2-1-3-11(17)12(10)13(19)18-9-5-7(15)4-8(16)6-9;8-4-2-1-3-5(9)6(4)7(10)11;7-4-1-5(8)3-6(9)2-4/h1-6H,17H2,(H,18,19);1-3H,9H2,(H,10,11);1-3H,9H2. The van der Waals surface area contributed by atoms with E-state index < -0.39 is 35.1 Å². The van der Waals surface area contributed by atoms with Crippen molar-refractivity contribution in [3.8, 4) is 0 Å². The third-order valence-corrected chi connectivity index (χ3v) is 5.17. The summed E-state index contributed by atoms with van der Waals surface area (Å²) in [4.78, 5) is 22.4. The van der Waals surface area contributed by atoms with E-state index >= 15 is 0 Å². The summed E-state index contributed by atoms with van der Waals surface area (Å²) < 4.78 is 50.2. The van der Waals surface area contributed by atoms with Crippen LogP contribution in [0.3, 0.4) is 0 Å². The van der Waals surface area contributed by atoms with E-state index in [1.54, 1.807) is 12.1 Å². The van der Waals surface area contributed by atoms with E-state index in [4.69, 9.17) is 45.5 Å². The summed E-state index contributed by atoms with van der Waals surface area (Å²) in [6.07, 6.45) is 0. The fraction of sp³-hybridized carbons (Fsp3) is 0. The molecule has 8 N–H and O–H groups in total. The number of nitrogens with one attached hydrogen (secondary N) is 1. The van der Waals surface area contributed by atoms with Crippen LogP contribution in [-0.2, 0) is 0 Å². The average Bonchev–Trinajstić information content (AvgIpc) is 2.78. The van der Waals surface area contributed by atoms with Gasteiger partial charge in [-0.1, -0.05) is 35.3 Å². The van der Waals surface area contributed by atoms with E-state index in [9.17, 15) is 27.2 Å². The number of halogens is 6. The third-order valence-electron chi connectivity index (χ3n) is 4.54. The molecule has 1 amide bonds. The molecule has 0 fully saturated rings. The van der Waals surface area contributed by atoms with Crippen LogP contribution in [0.2, 0.25) is 10.0 Å². The van der Waals surface area contributed by atoms with Gasteiger partial charge in [0, 0.05) is 34.9 Å². The Balaban J connectivity index is 0.000000226. The summed E-state index contributed by atoms with van der Waals surface area (Å²) in [5.41, 5.74) is 16.6. The highest BCUT2D eigenvalue weighted by Crippen LogP contribution is 2.24. The summed E-state index contributed by atoms with van der Waals surface area (Å²) in [5.74, 6) is -4.61. The Bertz CT molecular complexity index is 1400. The van der Waals surface area contributed by atoms with Gasteiger partial charge in [0.2, 0.25) is 0 Å². The summed E-state index contributed by atoms with van der Waals surface area (Å²) in [5, 5.41) is 11.2. The summed E-state index contributed by atoms with van der Waals surface area (Å²) >= 11 is 11.4. The molecule has 0 aliphatic carbocycles. The first kappa shape index (κ1) is 30.7. The lowest BCUT2D eigenvalue weighted by Gasteiger charge is -2.09. The Morgan fingerprint density at radius 3 is 1.44 bits per heavy atom. The predicted molar refractivity (Wildman–Crippen MR) is 144 cm³/mol. The average molecular weight is 583 g/mol. The maximum atomic E-state index is 13.0. The van der Waals surface area contributed by atoms with Gasteiger partial charge >= 0.3 is 5.97 Å². The van der Waals surface area contributed by atoms with Gasteiger partial charge in [-0.15, -0.1) is 0 Å². The Labute approximate surface area is 229 Å². The maximum absolute atomic E-state index is 13.0. The van der Waals surface area contributed by atoms with Crippen molar-refractivity contribution in [3.63, 3.8) is 0 Å². The zero-order chi connectivity index (χ0) is 29.3. The second-order valence-corrected chi connectivity index (χ2v) is 8.34. The lowest BCUT2D eigenvalue weighted by molar-refractivity contribution is 0.0698. The molecule has 0 radical (unpaired) electrons. The molecule has 7 nitrogen and oxygen atoms in total. The molecule has 0 unspecified atom stereocenters. The molecule has 0 saturated heterocycles. The Morgan fingerprint density at radius 1 is 0.667 bits per heavy atom. The van der Waals surface area contributed by atoms with E-state index in [0.29, 0.717) is 6.07 Å². The van der Waals surface area contributed by atoms with Crippen LogP contribution in [0.25, 0.3) is 0 Å². The number of nitrogens with two attached hydrogens (primary N) is 3. The van der Waals surface area contributed by atoms with Gasteiger partial charge in [0.15, 0.2) is 0 Å². The van der Waals surface area contributed by atoms with Crippen molar-refractivity contribution in [2.45, 2.75) is 0 Å². The molecular formula is C26H20Cl2F4N4O3. The van der Waals surface area contributed by atoms with E-state index in [2.05, 4.69) is 5.32 Å². The summed E-state index contributed by atoms with van der Waals surface area (Å²) in [7, 11) is 0. The minimum atomic E-state index is -1.10. The number of hydrogen-bond donors (Lipinski definition) is 5. The number of carboxylic acid groups (broad SMARTS) is 1. The quantitative estimate of drug-likeness (QED) is 0.135. The highest BCUT2D eigenvalue weighted by atomic mass is 35.5. The van der Waals surface area contributed by atoms with Gasteiger partial charge in [-0.2, -0.15) is 0 Å². The molecule has 4 aromatic carbocycles. The monoisotopic (exact) mass is 582 g/mol. The van der Waals surface area contributed by atoms with Crippen molar-refractivity contribution in [1.82, 2.24) is 0 Å².